The van der Waals surface area contributed by atoms with Crippen LogP contribution in [0, 0.1) is 0 Å². The second-order valence-electron chi connectivity index (χ2n) is 0. The Hall–Kier alpha value is 2.02. The van der Waals surface area contributed by atoms with Crippen molar-refractivity contribution in [2.45, 2.75) is 0 Å². The predicted octanol–water partition coefficient (Wildman–Crippen LogP) is -2.08. The summed E-state index contributed by atoms with van der Waals surface area (Å²) in [6, 6.07) is 0. The van der Waals surface area contributed by atoms with E-state index in [1.807, 2.05) is 0 Å². The van der Waals surface area contributed by atoms with Crippen LogP contribution in [0.5, 0.6) is 0 Å². The zero-order valence-corrected chi connectivity index (χ0v) is 0.894. The van der Waals surface area contributed by atoms with E-state index < -0.39 is 0 Å². The Labute approximate surface area is 75.3 Å². The zero-order chi connectivity index (χ0) is 2.00. The van der Waals surface area contributed by atoms with Gasteiger partial charge in [-0.1, -0.05) is 0 Å². The molecule has 4 heteroatoms. The van der Waals surface area contributed by atoms with E-state index >= 15 is 0 Å². The van der Waals surface area contributed by atoms with Crippen molar-refractivity contribution in [1.82, 2.24) is 0 Å². The first kappa shape index (κ1) is 16.6. The van der Waals surface area contributed by atoms with Crippen LogP contribution in [-0.2, 0) is 0 Å². The Kier molecular flexibility index (Phi) is 82.6. The minimum atomic E-state index is 0. The second kappa shape index (κ2) is 19.9. The molecule has 0 saturated heterocycles. The molecule has 0 aliphatic rings. The van der Waals surface area contributed by atoms with Crippen LogP contribution >= 0.6 is 0 Å². The van der Waals surface area contributed by atoms with Gasteiger partial charge >= 0.3 is 48.9 Å². The van der Waals surface area contributed by atoms with Crippen LogP contribution < -0.4 is 0 Å². The monoisotopic (exact) mass is 204 g/mol. The van der Waals surface area contributed by atoms with Gasteiger partial charge in [-0.05, 0) is 0 Å². The second-order valence-corrected chi connectivity index (χ2v) is 0. The number of hydrogen-bond donors (Lipinski definition) is 2. The molecule has 0 aliphatic heterocycles. The topological polar surface area (TPSA) is 40.5 Å². The van der Waals surface area contributed by atoms with Crippen molar-refractivity contribution in [3.05, 3.63) is 0 Å². The van der Waals surface area contributed by atoms with Gasteiger partial charge in [0, 0.05) is 0 Å². The van der Waals surface area contributed by atoms with Gasteiger partial charge in [-0.25, -0.2) is 0 Å². The van der Waals surface area contributed by atoms with Crippen LogP contribution in [0.3, 0.4) is 0 Å². The number of rotatable bonds is 0. The van der Waals surface area contributed by atoms with E-state index in [1.54, 1.807) is 0 Å². The molecule has 0 amide bonds. The summed E-state index contributed by atoms with van der Waals surface area (Å²) in [5.41, 5.74) is 0. The molecule has 0 aromatic rings. The quantitative estimate of drug-likeness (QED) is 0.269. The summed E-state index contributed by atoms with van der Waals surface area (Å²) >= 11 is 0. The van der Waals surface area contributed by atoms with Crippen molar-refractivity contribution in [3.8, 4) is 0 Å². The van der Waals surface area contributed by atoms with Crippen LogP contribution in [0.4, 0.5) is 0 Å². The van der Waals surface area contributed by atoms with Crippen molar-refractivity contribution < 1.29 is 10.5 Å². The molecule has 0 bridgehead atoms. The molecular formula is H7AlBaO2. The molecule has 0 radical (unpaired) electrons. The van der Waals surface area contributed by atoms with E-state index in [-0.39, 0.29) is 66.2 Å². The Morgan fingerprint density at radius 2 is 1.00 bits per heavy atom. The van der Waals surface area contributed by atoms with E-state index in [2.05, 4.69) is 0 Å². The molecule has 0 aliphatic carbocycles. The van der Waals surface area contributed by atoms with E-state index in [1.165, 1.54) is 0 Å². The fourth-order valence-corrected chi connectivity index (χ4v) is 0. The molecular weight excluding hydrogens is 196 g/mol. The summed E-state index contributed by atoms with van der Waals surface area (Å²) < 4.78 is 0. The van der Waals surface area contributed by atoms with Crippen molar-refractivity contribution in [2.24, 2.45) is 0 Å². The van der Waals surface area contributed by atoms with E-state index in [4.69, 9.17) is 10.5 Å². The molecule has 0 aromatic carbocycles. The fourth-order valence-electron chi connectivity index (χ4n) is 0. The standard InChI is InChI=1S/Al.Ba.H2O2.5H/c;;1-2;;;;;/h;;1-2H;;;;;. The maximum atomic E-state index is 6.00. The average molecular weight is 203 g/mol. The van der Waals surface area contributed by atoms with E-state index in [9.17, 15) is 0 Å². The summed E-state index contributed by atoms with van der Waals surface area (Å²) in [4.78, 5) is 0. The van der Waals surface area contributed by atoms with Gasteiger partial charge in [0.25, 0.3) is 0 Å². The van der Waals surface area contributed by atoms with Crippen LogP contribution in [0.1, 0.15) is 0 Å². The normalized spacial score (nSPS) is 1.50. The molecule has 0 unspecified atom stereocenters. The summed E-state index contributed by atoms with van der Waals surface area (Å²) in [5, 5.41) is 12.0. The first-order valence-corrected chi connectivity index (χ1v) is 0.200. The Balaban J connectivity index is -0.00000000500. The van der Waals surface area contributed by atoms with Gasteiger partial charge in [-0.15, -0.1) is 0 Å². The first-order chi connectivity index (χ1) is 1.00. The van der Waals surface area contributed by atoms with Crippen LogP contribution in [0.2, 0.25) is 0 Å². The summed E-state index contributed by atoms with van der Waals surface area (Å²) in [6.07, 6.45) is 0. The molecule has 4 heavy (non-hydrogen) atoms. The van der Waals surface area contributed by atoms with Crippen molar-refractivity contribution in [2.75, 3.05) is 0 Å². The van der Waals surface area contributed by atoms with Crippen molar-refractivity contribution in [1.29, 1.82) is 0 Å². The van der Waals surface area contributed by atoms with Crippen LogP contribution in [0.25, 0.3) is 0 Å². The third-order valence-electron chi connectivity index (χ3n) is 0. The Morgan fingerprint density at radius 3 is 1.00 bits per heavy atom. The summed E-state index contributed by atoms with van der Waals surface area (Å²) in [7, 11) is 0. The minimum absolute atomic E-state index is 0. The van der Waals surface area contributed by atoms with Crippen LogP contribution in [-0.4, -0.2) is 76.8 Å². The van der Waals surface area contributed by atoms with Gasteiger partial charge in [0.1, 0.15) is 0 Å². The molecule has 0 fully saturated rings. The third kappa shape index (κ3) is 8.98. The molecule has 0 rings (SSSR count). The molecule has 2 N–H and O–H groups in total. The summed E-state index contributed by atoms with van der Waals surface area (Å²) in [5.74, 6) is 0. The molecule has 0 spiro atoms. The Bertz CT molecular complexity index is 6.00. The predicted molar refractivity (Wildman–Crippen MR) is 23.7 cm³/mol. The average Bonchev–Trinajstić information content (AvgIpc) is 1.00. The Morgan fingerprint density at radius 1 is 1.00 bits per heavy atom. The fraction of sp³-hybridized carbons (Fsp3) is 0. The number of hydrogen-bond acceptors (Lipinski definition) is 2. The van der Waals surface area contributed by atoms with E-state index in [0.717, 1.165) is 0 Å². The molecule has 0 saturated carbocycles. The molecule has 24 valence electrons. The van der Waals surface area contributed by atoms with Gasteiger partial charge in [0.15, 0.2) is 17.4 Å². The molecule has 0 atom stereocenters. The molecule has 2 nitrogen and oxygen atoms in total. The van der Waals surface area contributed by atoms with Crippen LogP contribution in [0.15, 0.2) is 0 Å². The zero-order valence-electron chi connectivity index (χ0n) is 0.894. The maximum absolute atomic E-state index is 6.00. The van der Waals surface area contributed by atoms with Gasteiger partial charge in [-0.2, -0.15) is 0 Å². The van der Waals surface area contributed by atoms with Gasteiger partial charge in [-0.3, -0.25) is 10.5 Å². The van der Waals surface area contributed by atoms with E-state index in [0.29, 0.717) is 0 Å². The summed E-state index contributed by atoms with van der Waals surface area (Å²) in [6.45, 7) is 0. The SMILES string of the molecule is OO.[AlH3].[BaH2]. The van der Waals surface area contributed by atoms with Crippen molar-refractivity contribution >= 4 is 66.2 Å². The first-order valence-electron chi connectivity index (χ1n) is 0.200. The van der Waals surface area contributed by atoms with Gasteiger partial charge in [0.05, 0.1) is 0 Å². The third-order valence-corrected chi connectivity index (χ3v) is 0. The van der Waals surface area contributed by atoms with Crippen molar-refractivity contribution in [3.63, 3.8) is 0 Å². The molecule has 0 heterocycles. The molecule has 0 aromatic heterocycles. The van der Waals surface area contributed by atoms with Gasteiger partial charge < -0.3 is 0 Å². The van der Waals surface area contributed by atoms with Gasteiger partial charge in [0.2, 0.25) is 0 Å².